The maximum absolute atomic E-state index is 12.0. The lowest BCUT2D eigenvalue weighted by Crippen LogP contribution is -2.34. The Morgan fingerprint density at radius 2 is 2.17 bits per heavy atom. The first-order valence-electron chi connectivity index (χ1n) is 5.91. The molecule has 0 spiro atoms. The van der Waals surface area contributed by atoms with Crippen LogP contribution < -0.4 is 5.73 Å². The number of nitrogens with two attached hydrogens (primary N) is 1. The maximum Gasteiger partial charge on any atom is 0.256 e. The van der Waals surface area contributed by atoms with Crippen LogP contribution in [0.3, 0.4) is 0 Å². The highest BCUT2D eigenvalue weighted by atomic mass is 35.5. The van der Waals surface area contributed by atoms with Crippen LogP contribution in [0.2, 0.25) is 0 Å². The zero-order valence-electron chi connectivity index (χ0n) is 11.5. The second kappa shape index (κ2) is 7.38. The van der Waals surface area contributed by atoms with Gasteiger partial charge in [-0.3, -0.25) is 9.48 Å². The quantitative estimate of drug-likeness (QED) is 0.880. The minimum absolute atomic E-state index is 0. The Kier molecular flexibility index (Phi) is 6.94. The summed E-state index contributed by atoms with van der Waals surface area (Å²) in [5, 5.41) is 3.99. The van der Waals surface area contributed by atoms with Gasteiger partial charge in [0, 0.05) is 32.9 Å². The Balaban J connectivity index is 0.00000289. The van der Waals surface area contributed by atoms with Gasteiger partial charge in [-0.05, 0) is 12.3 Å². The molecule has 104 valence electrons. The van der Waals surface area contributed by atoms with Crippen molar-refractivity contribution in [3.8, 4) is 0 Å². The normalized spacial score (nSPS) is 12.1. The van der Waals surface area contributed by atoms with Crippen molar-refractivity contribution in [2.75, 3.05) is 13.6 Å². The van der Waals surface area contributed by atoms with Crippen molar-refractivity contribution in [1.29, 1.82) is 0 Å². The second-order valence-electron chi connectivity index (χ2n) is 4.83. The highest BCUT2D eigenvalue weighted by molar-refractivity contribution is 5.93. The van der Waals surface area contributed by atoms with Crippen molar-refractivity contribution in [3.05, 3.63) is 18.0 Å². The summed E-state index contributed by atoms with van der Waals surface area (Å²) < 4.78 is 1.63. The molecular weight excluding hydrogens is 252 g/mol. The molecule has 0 aliphatic rings. The number of amides is 1. The van der Waals surface area contributed by atoms with Gasteiger partial charge < -0.3 is 10.6 Å². The van der Waals surface area contributed by atoms with E-state index in [0.29, 0.717) is 18.0 Å². The van der Waals surface area contributed by atoms with Crippen molar-refractivity contribution < 1.29 is 4.79 Å². The zero-order chi connectivity index (χ0) is 13.0. The van der Waals surface area contributed by atoms with Crippen LogP contribution in [-0.2, 0) is 7.05 Å². The standard InChI is InChI=1S/C12H22N4O.ClH/c1-9(2)11(13)5-6-15(3)12(17)10-7-14-16(4)8-10;/h7-9,11H,5-6,13H2,1-4H3;1H. The highest BCUT2D eigenvalue weighted by Crippen LogP contribution is 2.06. The van der Waals surface area contributed by atoms with Gasteiger partial charge in [0.1, 0.15) is 0 Å². The summed E-state index contributed by atoms with van der Waals surface area (Å²) in [7, 11) is 3.59. The number of halogens is 1. The SMILES string of the molecule is CC(C)C(N)CCN(C)C(=O)c1cnn(C)c1.Cl. The fraction of sp³-hybridized carbons (Fsp3) is 0.667. The summed E-state index contributed by atoms with van der Waals surface area (Å²) in [6.45, 7) is 4.86. The van der Waals surface area contributed by atoms with Crippen molar-refractivity contribution in [1.82, 2.24) is 14.7 Å². The Hall–Kier alpha value is -1.07. The molecule has 0 saturated carbocycles. The third-order valence-electron chi connectivity index (χ3n) is 2.95. The molecule has 1 heterocycles. The lowest BCUT2D eigenvalue weighted by Gasteiger charge is -2.21. The Morgan fingerprint density at radius 1 is 1.56 bits per heavy atom. The predicted octanol–water partition coefficient (Wildman–Crippen LogP) is 1.29. The summed E-state index contributed by atoms with van der Waals surface area (Å²) >= 11 is 0. The fourth-order valence-electron chi connectivity index (χ4n) is 1.53. The van der Waals surface area contributed by atoms with Gasteiger partial charge in [0.2, 0.25) is 0 Å². The average molecular weight is 275 g/mol. The van der Waals surface area contributed by atoms with Gasteiger partial charge in [-0.15, -0.1) is 12.4 Å². The molecule has 0 saturated heterocycles. The third-order valence-corrected chi connectivity index (χ3v) is 2.95. The Morgan fingerprint density at radius 3 is 2.61 bits per heavy atom. The van der Waals surface area contributed by atoms with Crippen LogP contribution in [0.1, 0.15) is 30.6 Å². The number of rotatable bonds is 5. The molecule has 5 nitrogen and oxygen atoms in total. The minimum Gasteiger partial charge on any atom is -0.342 e. The molecule has 0 aliphatic heterocycles. The summed E-state index contributed by atoms with van der Waals surface area (Å²) in [4.78, 5) is 13.7. The fourth-order valence-corrected chi connectivity index (χ4v) is 1.53. The van der Waals surface area contributed by atoms with Crippen molar-refractivity contribution >= 4 is 18.3 Å². The molecule has 0 aromatic carbocycles. The van der Waals surface area contributed by atoms with Crippen LogP contribution >= 0.6 is 12.4 Å². The molecule has 18 heavy (non-hydrogen) atoms. The number of aromatic nitrogens is 2. The molecule has 0 aliphatic carbocycles. The van der Waals surface area contributed by atoms with E-state index in [-0.39, 0.29) is 24.4 Å². The van der Waals surface area contributed by atoms with Crippen LogP contribution in [0.25, 0.3) is 0 Å². The van der Waals surface area contributed by atoms with Crippen molar-refractivity contribution in [2.45, 2.75) is 26.3 Å². The first-order chi connectivity index (χ1) is 7.91. The predicted molar refractivity (Wildman–Crippen MR) is 74.8 cm³/mol. The van der Waals surface area contributed by atoms with Gasteiger partial charge in [0.25, 0.3) is 5.91 Å². The van der Waals surface area contributed by atoms with Gasteiger partial charge >= 0.3 is 0 Å². The molecule has 0 radical (unpaired) electrons. The van der Waals surface area contributed by atoms with E-state index in [2.05, 4.69) is 18.9 Å². The van der Waals surface area contributed by atoms with E-state index in [9.17, 15) is 4.79 Å². The van der Waals surface area contributed by atoms with Gasteiger partial charge in [0.15, 0.2) is 0 Å². The summed E-state index contributed by atoms with van der Waals surface area (Å²) in [5.74, 6) is 0.436. The molecule has 6 heteroatoms. The van der Waals surface area contributed by atoms with E-state index >= 15 is 0 Å². The zero-order valence-corrected chi connectivity index (χ0v) is 12.3. The van der Waals surface area contributed by atoms with E-state index in [1.165, 1.54) is 0 Å². The summed E-state index contributed by atoms with van der Waals surface area (Å²) in [6, 6.07) is 0.138. The molecular formula is C12H23ClN4O. The third kappa shape index (κ3) is 4.66. The molecule has 0 fully saturated rings. The van der Waals surface area contributed by atoms with E-state index in [4.69, 9.17) is 5.73 Å². The van der Waals surface area contributed by atoms with Gasteiger partial charge in [0.05, 0.1) is 11.8 Å². The number of hydrogen-bond donors (Lipinski definition) is 1. The molecule has 2 N–H and O–H groups in total. The van der Waals surface area contributed by atoms with E-state index in [0.717, 1.165) is 6.42 Å². The number of hydrogen-bond acceptors (Lipinski definition) is 3. The topological polar surface area (TPSA) is 64.2 Å². The molecule has 1 atom stereocenters. The maximum atomic E-state index is 12.0. The number of carbonyl (C=O) groups excluding carboxylic acids is 1. The van der Waals surface area contributed by atoms with E-state index < -0.39 is 0 Å². The molecule has 1 rings (SSSR count). The smallest absolute Gasteiger partial charge is 0.256 e. The van der Waals surface area contributed by atoms with Crippen LogP contribution in [0.5, 0.6) is 0 Å². The van der Waals surface area contributed by atoms with Crippen LogP contribution in [0, 0.1) is 5.92 Å². The van der Waals surface area contributed by atoms with Crippen LogP contribution in [-0.4, -0.2) is 40.2 Å². The van der Waals surface area contributed by atoms with Crippen LogP contribution in [0.15, 0.2) is 12.4 Å². The van der Waals surface area contributed by atoms with Gasteiger partial charge in [-0.2, -0.15) is 5.10 Å². The number of nitrogens with zero attached hydrogens (tertiary/aromatic N) is 3. The van der Waals surface area contributed by atoms with Gasteiger partial charge in [-0.1, -0.05) is 13.8 Å². The van der Waals surface area contributed by atoms with E-state index in [1.807, 2.05) is 0 Å². The first-order valence-corrected chi connectivity index (χ1v) is 5.91. The summed E-state index contributed by atoms with van der Waals surface area (Å²) in [5.41, 5.74) is 6.57. The minimum atomic E-state index is -0.00550. The largest absolute Gasteiger partial charge is 0.342 e. The van der Waals surface area contributed by atoms with Gasteiger partial charge in [-0.25, -0.2) is 0 Å². The molecule has 0 bridgehead atoms. The van der Waals surface area contributed by atoms with Crippen molar-refractivity contribution in [2.24, 2.45) is 18.7 Å². The molecule has 1 amide bonds. The lowest BCUT2D eigenvalue weighted by atomic mass is 10.0. The molecule has 1 aromatic rings. The van der Waals surface area contributed by atoms with E-state index in [1.54, 1.807) is 36.1 Å². The Bertz CT molecular complexity index is 378. The average Bonchev–Trinajstić information content (AvgIpc) is 2.70. The van der Waals surface area contributed by atoms with Crippen molar-refractivity contribution in [3.63, 3.8) is 0 Å². The summed E-state index contributed by atoms with van der Waals surface area (Å²) in [6.07, 6.45) is 4.13. The first kappa shape index (κ1) is 16.9. The van der Waals surface area contributed by atoms with Crippen LogP contribution in [0.4, 0.5) is 0 Å². The number of carbonyl (C=O) groups is 1. The highest BCUT2D eigenvalue weighted by Gasteiger charge is 2.15. The Labute approximate surface area is 115 Å². The molecule has 1 unspecified atom stereocenters. The lowest BCUT2D eigenvalue weighted by molar-refractivity contribution is 0.0789. The number of aryl methyl sites for hydroxylation is 1. The second-order valence-corrected chi connectivity index (χ2v) is 4.83. The molecule has 1 aromatic heterocycles. The monoisotopic (exact) mass is 274 g/mol.